The van der Waals surface area contributed by atoms with Crippen molar-refractivity contribution in [2.45, 2.75) is 13.0 Å². The number of thiophene rings is 1. The smallest absolute Gasteiger partial charge is 0.317 e. The lowest BCUT2D eigenvalue weighted by Gasteiger charge is -2.34. The number of nitriles is 1. The molecule has 1 aliphatic heterocycles. The highest BCUT2D eigenvalue weighted by molar-refractivity contribution is 7.10. The lowest BCUT2D eigenvalue weighted by atomic mass is 10.2. The Morgan fingerprint density at radius 1 is 1.57 bits per heavy atom. The van der Waals surface area contributed by atoms with Crippen molar-refractivity contribution in [3.05, 3.63) is 22.4 Å². The van der Waals surface area contributed by atoms with Crippen LogP contribution in [0.1, 0.15) is 17.8 Å². The van der Waals surface area contributed by atoms with Gasteiger partial charge in [-0.25, -0.2) is 4.79 Å². The number of carbonyl (C=O) groups excluding carboxylic acids is 1. The number of ether oxygens (including phenoxy) is 1. The summed E-state index contributed by atoms with van der Waals surface area (Å²) in [6.07, 6.45) is 0. The average molecular weight is 336 g/mol. The molecule has 23 heavy (non-hydrogen) atoms. The first-order valence-corrected chi connectivity index (χ1v) is 8.73. The largest absolute Gasteiger partial charge is 0.379 e. The minimum Gasteiger partial charge on any atom is -0.379 e. The zero-order chi connectivity index (χ0) is 16.7. The highest BCUT2D eigenvalue weighted by atomic mass is 32.1. The molecule has 0 aliphatic carbocycles. The van der Waals surface area contributed by atoms with E-state index in [-0.39, 0.29) is 18.0 Å². The normalized spacial score (nSPS) is 18.0. The summed E-state index contributed by atoms with van der Waals surface area (Å²) in [7, 11) is 1.72. The minimum atomic E-state index is -0.168. The van der Waals surface area contributed by atoms with Gasteiger partial charge in [-0.2, -0.15) is 5.26 Å². The fraction of sp³-hybridized carbons (Fsp3) is 0.625. The second kappa shape index (κ2) is 8.87. The van der Waals surface area contributed by atoms with Gasteiger partial charge in [0.05, 0.1) is 31.2 Å². The van der Waals surface area contributed by atoms with Crippen molar-refractivity contribution in [3.63, 3.8) is 0 Å². The third-order valence-corrected chi connectivity index (χ3v) is 4.89. The van der Waals surface area contributed by atoms with E-state index >= 15 is 0 Å². The van der Waals surface area contributed by atoms with Crippen molar-refractivity contribution < 1.29 is 9.53 Å². The number of carbonyl (C=O) groups is 1. The molecule has 1 fully saturated rings. The summed E-state index contributed by atoms with van der Waals surface area (Å²) in [5.74, 6) is -0.168. The van der Waals surface area contributed by atoms with Crippen LogP contribution in [0.25, 0.3) is 0 Å². The van der Waals surface area contributed by atoms with E-state index in [1.807, 2.05) is 13.0 Å². The monoisotopic (exact) mass is 336 g/mol. The predicted octanol–water partition coefficient (Wildman–Crippen LogP) is 1.92. The van der Waals surface area contributed by atoms with Crippen LogP contribution in [-0.2, 0) is 4.74 Å². The van der Waals surface area contributed by atoms with E-state index < -0.39 is 0 Å². The lowest BCUT2D eigenvalue weighted by Crippen LogP contribution is -2.46. The molecule has 1 saturated heterocycles. The Kier molecular flexibility index (Phi) is 6.84. The average Bonchev–Trinajstić information content (AvgIpc) is 3.10. The Hall–Kier alpha value is -1.62. The van der Waals surface area contributed by atoms with E-state index in [1.165, 1.54) is 4.88 Å². The molecule has 1 N–H and O–H groups in total. The molecule has 0 bridgehead atoms. The summed E-state index contributed by atoms with van der Waals surface area (Å²) in [6.45, 7) is 6.02. The summed E-state index contributed by atoms with van der Waals surface area (Å²) in [4.78, 5) is 17.4. The van der Waals surface area contributed by atoms with Gasteiger partial charge >= 0.3 is 6.03 Å². The predicted molar refractivity (Wildman–Crippen MR) is 90.3 cm³/mol. The zero-order valence-corrected chi connectivity index (χ0v) is 14.5. The van der Waals surface area contributed by atoms with Crippen molar-refractivity contribution in [1.82, 2.24) is 15.1 Å². The molecule has 0 radical (unpaired) electrons. The van der Waals surface area contributed by atoms with E-state index in [2.05, 4.69) is 27.7 Å². The van der Waals surface area contributed by atoms with Crippen LogP contribution in [0.2, 0.25) is 0 Å². The topological polar surface area (TPSA) is 68.6 Å². The van der Waals surface area contributed by atoms with E-state index in [0.717, 1.165) is 26.3 Å². The maximum atomic E-state index is 12.2. The quantitative estimate of drug-likeness (QED) is 0.862. The van der Waals surface area contributed by atoms with Crippen LogP contribution in [0.4, 0.5) is 4.79 Å². The van der Waals surface area contributed by atoms with Crippen molar-refractivity contribution in [2.24, 2.45) is 5.92 Å². The molecule has 2 amide bonds. The molecule has 2 atom stereocenters. The molecule has 1 aromatic heterocycles. The van der Waals surface area contributed by atoms with Crippen LogP contribution in [-0.4, -0.2) is 62.3 Å². The Balaban J connectivity index is 1.93. The van der Waals surface area contributed by atoms with Crippen LogP contribution in [0.3, 0.4) is 0 Å². The maximum Gasteiger partial charge on any atom is 0.317 e. The number of nitrogens with one attached hydrogen (secondary N) is 1. The highest BCUT2D eigenvalue weighted by Crippen LogP contribution is 2.25. The lowest BCUT2D eigenvalue weighted by molar-refractivity contribution is 0.0172. The molecule has 0 aromatic carbocycles. The summed E-state index contributed by atoms with van der Waals surface area (Å²) in [5.41, 5.74) is 0. The Morgan fingerprint density at radius 3 is 2.91 bits per heavy atom. The number of hydrogen-bond acceptors (Lipinski definition) is 5. The van der Waals surface area contributed by atoms with Crippen LogP contribution < -0.4 is 5.32 Å². The van der Waals surface area contributed by atoms with E-state index in [1.54, 1.807) is 23.3 Å². The van der Waals surface area contributed by atoms with Gasteiger partial charge in [-0.3, -0.25) is 4.90 Å². The van der Waals surface area contributed by atoms with Gasteiger partial charge < -0.3 is 15.0 Å². The fourth-order valence-electron chi connectivity index (χ4n) is 2.63. The van der Waals surface area contributed by atoms with Gasteiger partial charge in [0.25, 0.3) is 0 Å². The van der Waals surface area contributed by atoms with Crippen LogP contribution in [0.15, 0.2) is 17.5 Å². The molecule has 0 unspecified atom stereocenters. The zero-order valence-electron chi connectivity index (χ0n) is 13.7. The molecular formula is C16H24N4O2S. The first-order valence-electron chi connectivity index (χ1n) is 7.85. The van der Waals surface area contributed by atoms with Crippen LogP contribution >= 0.6 is 11.3 Å². The Morgan fingerprint density at radius 2 is 2.30 bits per heavy atom. The van der Waals surface area contributed by atoms with Gasteiger partial charge in [-0.15, -0.1) is 11.3 Å². The SMILES string of the molecule is C[C@H](C#N)CN(C)C(=O)NC[C@@H](c1cccs1)N1CCOCC1. The van der Waals surface area contributed by atoms with Gasteiger partial charge in [-0.05, 0) is 18.4 Å². The van der Waals surface area contributed by atoms with Gasteiger partial charge in [0.15, 0.2) is 0 Å². The van der Waals surface area contributed by atoms with Gasteiger partial charge in [0.1, 0.15) is 0 Å². The highest BCUT2D eigenvalue weighted by Gasteiger charge is 2.24. The second-order valence-corrected chi connectivity index (χ2v) is 6.76. The minimum absolute atomic E-state index is 0.137. The molecule has 0 saturated carbocycles. The van der Waals surface area contributed by atoms with Crippen LogP contribution in [0, 0.1) is 17.2 Å². The molecule has 7 heteroatoms. The van der Waals surface area contributed by atoms with Gasteiger partial charge in [-0.1, -0.05) is 6.07 Å². The van der Waals surface area contributed by atoms with Crippen molar-refractivity contribution in [3.8, 4) is 6.07 Å². The first-order chi connectivity index (χ1) is 11.1. The second-order valence-electron chi connectivity index (χ2n) is 5.78. The summed E-state index contributed by atoms with van der Waals surface area (Å²) in [6, 6.07) is 6.33. The van der Waals surface area contributed by atoms with E-state index in [9.17, 15) is 4.79 Å². The molecular weight excluding hydrogens is 312 g/mol. The number of urea groups is 1. The van der Waals surface area contributed by atoms with Crippen molar-refractivity contribution >= 4 is 17.4 Å². The molecule has 126 valence electrons. The first kappa shape index (κ1) is 17.7. The molecule has 2 rings (SSSR count). The third-order valence-electron chi connectivity index (χ3n) is 3.92. The number of amides is 2. The van der Waals surface area contributed by atoms with E-state index in [4.69, 9.17) is 10.00 Å². The van der Waals surface area contributed by atoms with Crippen LogP contribution in [0.5, 0.6) is 0 Å². The van der Waals surface area contributed by atoms with Crippen molar-refractivity contribution in [2.75, 3.05) is 46.4 Å². The van der Waals surface area contributed by atoms with Gasteiger partial charge in [0.2, 0.25) is 0 Å². The third kappa shape index (κ3) is 5.20. The van der Waals surface area contributed by atoms with E-state index in [0.29, 0.717) is 13.1 Å². The molecule has 0 spiro atoms. The van der Waals surface area contributed by atoms with Gasteiger partial charge in [0, 0.05) is 38.1 Å². The number of nitrogens with zero attached hydrogens (tertiary/aromatic N) is 3. The summed E-state index contributed by atoms with van der Waals surface area (Å²) < 4.78 is 5.42. The summed E-state index contributed by atoms with van der Waals surface area (Å²) >= 11 is 1.71. The molecule has 1 aliphatic rings. The Labute approximate surface area is 141 Å². The maximum absolute atomic E-state index is 12.2. The molecule has 6 nitrogen and oxygen atoms in total. The Bertz CT molecular complexity index is 523. The van der Waals surface area contributed by atoms with Crippen molar-refractivity contribution in [1.29, 1.82) is 5.26 Å². The summed E-state index contributed by atoms with van der Waals surface area (Å²) in [5, 5.41) is 13.9. The number of rotatable bonds is 6. The number of morpholine rings is 1. The standard InChI is InChI=1S/C16H24N4O2S/c1-13(10-17)12-19(2)16(21)18-11-14(15-4-3-9-23-15)20-5-7-22-8-6-20/h3-4,9,13-14H,5-8,11-12H2,1-2H3,(H,18,21)/t13-,14+/m1/s1. The number of hydrogen-bond donors (Lipinski definition) is 1. The molecule has 2 heterocycles. The fourth-order valence-corrected chi connectivity index (χ4v) is 3.49. The molecule has 1 aromatic rings.